The molecule has 0 nitrogen and oxygen atoms in total. The van der Waals surface area contributed by atoms with Crippen LogP contribution in [0.4, 0.5) is 0 Å². The summed E-state index contributed by atoms with van der Waals surface area (Å²) in [5.74, 6) is 1.61. The SMILES string of the molecule is CCc1ccc(C)cc1CC(CC)C(C)C. The van der Waals surface area contributed by atoms with Crippen LogP contribution >= 0.6 is 0 Å². The minimum absolute atomic E-state index is 0.787. The average Bonchev–Trinajstić information content (AvgIpc) is 2.25. The molecule has 0 aliphatic carbocycles. The van der Waals surface area contributed by atoms with Crippen LogP contribution in [0.2, 0.25) is 0 Å². The molecule has 1 atom stereocenters. The third kappa shape index (κ3) is 3.37. The fraction of sp³-hybridized carbons (Fsp3) is 0.625. The van der Waals surface area contributed by atoms with Crippen LogP contribution in [0.25, 0.3) is 0 Å². The maximum absolute atomic E-state index is 2.38. The first kappa shape index (κ1) is 13.3. The second-order valence-electron chi connectivity index (χ2n) is 5.24. The fourth-order valence-corrected chi connectivity index (χ4v) is 2.42. The van der Waals surface area contributed by atoms with Gasteiger partial charge < -0.3 is 0 Å². The van der Waals surface area contributed by atoms with Crippen LogP contribution < -0.4 is 0 Å². The van der Waals surface area contributed by atoms with Crippen molar-refractivity contribution in [3.8, 4) is 0 Å². The van der Waals surface area contributed by atoms with Crippen molar-refractivity contribution >= 4 is 0 Å². The Labute approximate surface area is 101 Å². The molecule has 0 aliphatic heterocycles. The van der Waals surface area contributed by atoms with Crippen LogP contribution in [0.15, 0.2) is 18.2 Å². The quantitative estimate of drug-likeness (QED) is 0.667. The monoisotopic (exact) mass is 218 g/mol. The van der Waals surface area contributed by atoms with Gasteiger partial charge in [0, 0.05) is 0 Å². The minimum atomic E-state index is 0.787. The Balaban J connectivity index is 2.89. The summed E-state index contributed by atoms with van der Waals surface area (Å²) in [6.45, 7) is 11.4. The van der Waals surface area contributed by atoms with Gasteiger partial charge in [0.15, 0.2) is 0 Å². The Bertz CT molecular complexity index is 323. The van der Waals surface area contributed by atoms with Crippen molar-refractivity contribution in [2.75, 3.05) is 0 Å². The lowest BCUT2D eigenvalue weighted by Gasteiger charge is -2.21. The number of aryl methyl sites for hydroxylation is 2. The van der Waals surface area contributed by atoms with Gasteiger partial charge in [0.2, 0.25) is 0 Å². The topological polar surface area (TPSA) is 0 Å². The largest absolute Gasteiger partial charge is 0.0651 e. The van der Waals surface area contributed by atoms with Crippen molar-refractivity contribution in [3.63, 3.8) is 0 Å². The predicted octanol–water partition coefficient (Wildman–Crippen LogP) is 4.78. The highest BCUT2D eigenvalue weighted by Gasteiger charge is 2.13. The summed E-state index contributed by atoms with van der Waals surface area (Å²) in [6.07, 6.45) is 3.69. The normalized spacial score (nSPS) is 13.1. The van der Waals surface area contributed by atoms with E-state index in [0.717, 1.165) is 18.3 Å². The van der Waals surface area contributed by atoms with E-state index in [1.54, 1.807) is 5.56 Å². The molecule has 0 fully saturated rings. The lowest BCUT2D eigenvalue weighted by Crippen LogP contribution is -2.12. The van der Waals surface area contributed by atoms with Gasteiger partial charge in [-0.2, -0.15) is 0 Å². The molecule has 1 rings (SSSR count). The van der Waals surface area contributed by atoms with Gasteiger partial charge in [0.25, 0.3) is 0 Å². The molecule has 90 valence electrons. The van der Waals surface area contributed by atoms with Crippen LogP contribution in [-0.4, -0.2) is 0 Å². The Morgan fingerprint density at radius 1 is 1.06 bits per heavy atom. The van der Waals surface area contributed by atoms with E-state index in [1.165, 1.54) is 24.0 Å². The lowest BCUT2D eigenvalue weighted by atomic mass is 9.85. The van der Waals surface area contributed by atoms with E-state index in [1.807, 2.05) is 0 Å². The van der Waals surface area contributed by atoms with E-state index in [0.29, 0.717) is 0 Å². The zero-order valence-electron chi connectivity index (χ0n) is 11.5. The van der Waals surface area contributed by atoms with Crippen molar-refractivity contribution in [2.45, 2.75) is 53.9 Å². The highest BCUT2D eigenvalue weighted by atomic mass is 14.2. The van der Waals surface area contributed by atoms with Gasteiger partial charge >= 0.3 is 0 Å². The molecule has 0 N–H and O–H groups in total. The van der Waals surface area contributed by atoms with E-state index in [2.05, 4.69) is 52.8 Å². The molecule has 1 aromatic rings. The summed E-state index contributed by atoms with van der Waals surface area (Å²) in [4.78, 5) is 0. The summed E-state index contributed by atoms with van der Waals surface area (Å²) < 4.78 is 0. The van der Waals surface area contributed by atoms with Gasteiger partial charge in [-0.25, -0.2) is 0 Å². The van der Waals surface area contributed by atoms with Gasteiger partial charge in [0.05, 0.1) is 0 Å². The summed E-state index contributed by atoms with van der Waals surface area (Å²) in [5, 5.41) is 0. The van der Waals surface area contributed by atoms with Gasteiger partial charge in [-0.05, 0) is 42.7 Å². The van der Waals surface area contributed by atoms with E-state index < -0.39 is 0 Å². The zero-order valence-corrected chi connectivity index (χ0v) is 11.5. The third-order valence-electron chi connectivity index (χ3n) is 3.69. The predicted molar refractivity (Wildman–Crippen MR) is 72.9 cm³/mol. The first-order valence-electron chi connectivity index (χ1n) is 6.66. The molecule has 0 saturated heterocycles. The molecule has 0 heteroatoms. The number of hydrogen-bond donors (Lipinski definition) is 0. The number of hydrogen-bond acceptors (Lipinski definition) is 0. The second kappa shape index (κ2) is 6.08. The summed E-state index contributed by atoms with van der Waals surface area (Å²) in [5.41, 5.74) is 4.50. The van der Waals surface area contributed by atoms with Crippen molar-refractivity contribution in [1.29, 1.82) is 0 Å². The first-order chi connectivity index (χ1) is 7.58. The smallest absolute Gasteiger partial charge is 0.0245 e. The molecule has 0 bridgehead atoms. The third-order valence-corrected chi connectivity index (χ3v) is 3.69. The summed E-state index contributed by atoms with van der Waals surface area (Å²) in [7, 11) is 0. The molecule has 1 unspecified atom stereocenters. The van der Waals surface area contributed by atoms with Gasteiger partial charge in [-0.3, -0.25) is 0 Å². The fourth-order valence-electron chi connectivity index (χ4n) is 2.42. The molecule has 0 saturated carbocycles. The number of benzene rings is 1. The molecular formula is C16H26. The van der Waals surface area contributed by atoms with Gasteiger partial charge in [-0.15, -0.1) is 0 Å². The van der Waals surface area contributed by atoms with Crippen molar-refractivity contribution < 1.29 is 0 Å². The molecular weight excluding hydrogens is 192 g/mol. The molecule has 0 aliphatic rings. The summed E-state index contributed by atoms with van der Waals surface area (Å²) in [6, 6.07) is 6.92. The van der Waals surface area contributed by atoms with Crippen LogP contribution in [0.5, 0.6) is 0 Å². The highest BCUT2D eigenvalue weighted by molar-refractivity contribution is 5.32. The second-order valence-corrected chi connectivity index (χ2v) is 5.24. The van der Waals surface area contributed by atoms with E-state index >= 15 is 0 Å². The molecule has 0 amide bonds. The lowest BCUT2D eigenvalue weighted by molar-refractivity contribution is 0.370. The highest BCUT2D eigenvalue weighted by Crippen LogP contribution is 2.23. The van der Waals surface area contributed by atoms with Crippen LogP contribution in [0.3, 0.4) is 0 Å². The standard InChI is InChI=1S/C16H26/c1-6-14-9-8-13(5)10-16(14)11-15(7-2)12(3)4/h8-10,12,15H,6-7,11H2,1-5H3. The van der Waals surface area contributed by atoms with E-state index in [4.69, 9.17) is 0 Å². The van der Waals surface area contributed by atoms with E-state index in [9.17, 15) is 0 Å². The molecule has 0 spiro atoms. The van der Waals surface area contributed by atoms with E-state index in [-0.39, 0.29) is 0 Å². The Hall–Kier alpha value is -0.780. The first-order valence-corrected chi connectivity index (χ1v) is 6.66. The maximum atomic E-state index is 2.38. The van der Waals surface area contributed by atoms with Gasteiger partial charge in [-0.1, -0.05) is 57.9 Å². The average molecular weight is 218 g/mol. The minimum Gasteiger partial charge on any atom is -0.0651 e. The molecule has 0 radical (unpaired) electrons. The Kier molecular flexibility index (Phi) is 5.05. The summed E-state index contributed by atoms with van der Waals surface area (Å²) >= 11 is 0. The molecule has 1 aromatic carbocycles. The van der Waals surface area contributed by atoms with Gasteiger partial charge in [0.1, 0.15) is 0 Å². The number of rotatable bonds is 5. The van der Waals surface area contributed by atoms with Crippen LogP contribution in [0, 0.1) is 18.8 Å². The van der Waals surface area contributed by atoms with Crippen LogP contribution in [-0.2, 0) is 12.8 Å². The van der Waals surface area contributed by atoms with Crippen molar-refractivity contribution in [3.05, 3.63) is 34.9 Å². The van der Waals surface area contributed by atoms with Crippen molar-refractivity contribution in [1.82, 2.24) is 0 Å². The van der Waals surface area contributed by atoms with Crippen LogP contribution in [0.1, 0.15) is 50.8 Å². The molecule has 16 heavy (non-hydrogen) atoms. The Morgan fingerprint density at radius 3 is 2.25 bits per heavy atom. The maximum Gasteiger partial charge on any atom is -0.0245 e. The molecule has 0 heterocycles. The Morgan fingerprint density at radius 2 is 1.75 bits per heavy atom. The van der Waals surface area contributed by atoms with Crippen molar-refractivity contribution in [2.24, 2.45) is 11.8 Å². The molecule has 0 aromatic heterocycles. The zero-order chi connectivity index (χ0) is 12.1.